The number of rotatable bonds is 6. The highest BCUT2D eigenvalue weighted by molar-refractivity contribution is 6.36. The number of carbonyl (C=O) groups excluding carboxylic acids is 2. The van der Waals surface area contributed by atoms with Crippen LogP contribution in [-0.2, 0) is 9.59 Å². The van der Waals surface area contributed by atoms with Crippen molar-refractivity contribution in [1.82, 2.24) is 10.6 Å². The highest BCUT2D eigenvalue weighted by Crippen LogP contribution is 1.51. The van der Waals surface area contributed by atoms with Crippen LogP contribution in [-0.4, -0.2) is 34.7 Å². The molecule has 0 aliphatic heterocycles. The van der Waals surface area contributed by atoms with E-state index in [4.69, 9.17) is 0 Å². The lowest BCUT2D eigenvalue weighted by Crippen LogP contribution is -2.27. The van der Waals surface area contributed by atoms with Crippen molar-refractivity contribution in [3.63, 3.8) is 0 Å². The lowest BCUT2D eigenvalue weighted by molar-refractivity contribution is -0.109. The van der Waals surface area contributed by atoms with Crippen molar-refractivity contribution in [1.29, 1.82) is 0 Å². The number of hydrogen-bond acceptors (Lipinski definition) is 2. The van der Waals surface area contributed by atoms with Crippen molar-refractivity contribution in [2.75, 3.05) is 12.3 Å². The van der Waals surface area contributed by atoms with Gasteiger partial charge in [-0.2, -0.15) is 0 Å². The highest BCUT2D eigenvalue weighted by atomic mass is 28.2. The van der Waals surface area contributed by atoms with Gasteiger partial charge in [-0.1, -0.05) is 0 Å². The molecule has 0 fully saturated rings. The third-order valence-electron chi connectivity index (χ3n) is 0.809. The molecular weight excluding hydrogens is 136 g/mol. The maximum atomic E-state index is 9.66. The smallest absolute Gasteiger partial charge is 0.206 e. The van der Waals surface area contributed by atoms with Gasteiger partial charge in [-0.15, -0.1) is 0 Å². The van der Waals surface area contributed by atoms with Gasteiger partial charge in [-0.05, 0) is 0 Å². The summed E-state index contributed by atoms with van der Waals surface area (Å²) in [5.41, 5.74) is 0. The fourth-order valence-electron chi connectivity index (χ4n) is 0.410. The van der Waals surface area contributed by atoms with Crippen LogP contribution in [0.5, 0.6) is 0 Å². The fraction of sp³-hybridized carbons (Fsp3) is 0.500. The highest BCUT2D eigenvalue weighted by Gasteiger charge is 1.83. The summed E-state index contributed by atoms with van der Waals surface area (Å²) in [4.78, 5) is 19.3. The van der Waals surface area contributed by atoms with E-state index >= 15 is 0 Å². The Morgan fingerprint density at radius 3 is 1.89 bits per heavy atom. The van der Waals surface area contributed by atoms with Crippen LogP contribution in [0.2, 0.25) is 0 Å². The van der Waals surface area contributed by atoms with Crippen LogP contribution < -0.4 is 10.6 Å². The molecule has 0 aromatic carbocycles. The lowest BCUT2D eigenvalue weighted by Gasteiger charge is -1.95. The van der Waals surface area contributed by atoms with Crippen LogP contribution >= 0.6 is 0 Å². The molecule has 0 radical (unpaired) electrons. The first-order valence-corrected chi connectivity index (χ1v) is 4.76. The quantitative estimate of drug-likeness (QED) is 0.248. The van der Waals surface area contributed by atoms with Crippen molar-refractivity contribution in [2.24, 2.45) is 0 Å². The number of amides is 2. The average molecular weight is 146 g/mol. The summed E-state index contributed by atoms with van der Waals surface area (Å²) >= 11 is 0. The van der Waals surface area contributed by atoms with Crippen LogP contribution in [0, 0.1) is 0 Å². The molecular formula is C4H10N2O2Si. The molecule has 5 heteroatoms. The third kappa shape index (κ3) is 7.16. The van der Waals surface area contributed by atoms with Gasteiger partial charge < -0.3 is 10.6 Å². The molecule has 52 valence electrons. The molecule has 0 saturated carbocycles. The minimum absolute atomic E-state index is 0.295. The molecule has 9 heavy (non-hydrogen) atoms. The lowest BCUT2D eigenvalue weighted by atomic mass is 11.2. The molecule has 0 rings (SSSR count). The molecule has 0 unspecified atom stereocenters. The summed E-state index contributed by atoms with van der Waals surface area (Å²) in [6, 6.07) is 0. The maximum Gasteiger partial charge on any atom is 0.206 e. The monoisotopic (exact) mass is 146 g/mol. The van der Waals surface area contributed by atoms with Crippen LogP contribution in [0.1, 0.15) is 0 Å². The van der Waals surface area contributed by atoms with Gasteiger partial charge in [0.2, 0.25) is 12.8 Å². The molecule has 2 amide bonds. The second-order valence-corrected chi connectivity index (χ2v) is 3.20. The van der Waals surface area contributed by atoms with Gasteiger partial charge in [-0.3, -0.25) is 9.59 Å². The summed E-state index contributed by atoms with van der Waals surface area (Å²) in [7, 11) is -0.295. The van der Waals surface area contributed by atoms with E-state index in [2.05, 4.69) is 10.6 Å². The van der Waals surface area contributed by atoms with Crippen molar-refractivity contribution in [2.45, 2.75) is 0 Å². The summed E-state index contributed by atoms with van der Waals surface area (Å²) in [6.45, 7) is 0. The molecule has 0 bridgehead atoms. The number of carbonyl (C=O) groups is 2. The largest absolute Gasteiger partial charge is 0.362 e. The predicted octanol–water partition coefficient (Wildman–Crippen LogP) is -2.44. The molecule has 4 nitrogen and oxygen atoms in total. The fourth-order valence-corrected chi connectivity index (χ4v) is 1.23. The van der Waals surface area contributed by atoms with Crippen LogP contribution in [0.25, 0.3) is 0 Å². The Labute approximate surface area is 55.8 Å². The summed E-state index contributed by atoms with van der Waals surface area (Å²) < 4.78 is 0. The summed E-state index contributed by atoms with van der Waals surface area (Å²) in [5, 5.41) is 5.06. The molecule has 0 saturated heterocycles. The molecule has 0 aliphatic carbocycles. The zero-order valence-corrected chi connectivity index (χ0v) is 6.51. The maximum absolute atomic E-state index is 9.66. The van der Waals surface area contributed by atoms with Crippen LogP contribution in [0.3, 0.4) is 0 Å². The van der Waals surface area contributed by atoms with E-state index in [1.807, 2.05) is 0 Å². The van der Waals surface area contributed by atoms with E-state index in [1.54, 1.807) is 0 Å². The van der Waals surface area contributed by atoms with E-state index in [1.165, 1.54) is 0 Å². The van der Waals surface area contributed by atoms with E-state index in [-0.39, 0.29) is 9.52 Å². The molecule has 0 spiro atoms. The number of hydrogen-bond donors (Lipinski definition) is 2. The summed E-state index contributed by atoms with van der Waals surface area (Å²) in [5.74, 6) is 0. The third-order valence-corrected chi connectivity index (χ3v) is 2.09. The summed E-state index contributed by atoms with van der Waals surface area (Å²) in [6.07, 6.45) is 2.86. The normalized spacial score (nSPS) is 8.00. The second-order valence-electron chi connectivity index (χ2n) is 1.50. The molecule has 0 atom stereocenters. The number of nitrogens with one attached hydrogen (secondary N) is 2. The topological polar surface area (TPSA) is 58.2 Å². The van der Waals surface area contributed by atoms with Gasteiger partial charge in [-0.25, -0.2) is 0 Å². The second kappa shape index (κ2) is 7.16. The Morgan fingerprint density at radius 2 is 1.56 bits per heavy atom. The Hall–Kier alpha value is -0.843. The average Bonchev–Trinajstić information content (AvgIpc) is 1.89. The zero-order valence-electron chi connectivity index (χ0n) is 5.09. The van der Waals surface area contributed by atoms with Gasteiger partial charge in [0.1, 0.15) is 0 Å². The van der Waals surface area contributed by atoms with Crippen LogP contribution in [0.15, 0.2) is 0 Å². The molecule has 0 heterocycles. The first-order chi connectivity index (χ1) is 4.41. The molecule has 0 aromatic rings. The van der Waals surface area contributed by atoms with E-state index in [9.17, 15) is 9.59 Å². The minimum Gasteiger partial charge on any atom is -0.362 e. The minimum atomic E-state index is -0.295. The van der Waals surface area contributed by atoms with Gasteiger partial charge in [0, 0.05) is 12.3 Å². The van der Waals surface area contributed by atoms with Gasteiger partial charge in [0.15, 0.2) is 0 Å². The Bertz CT molecular complexity index is 78.6. The molecule has 0 aliphatic rings. The van der Waals surface area contributed by atoms with Gasteiger partial charge in [0.05, 0.1) is 9.52 Å². The Kier molecular flexibility index (Phi) is 6.49. The Balaban J connectivity index is 2.74. The van der Waals surface area contributed by atoms with Gasteiger partial charge in [0.25, 0.3) is 0 Å². The van der Waals surface area contributed by atoms with Crippen molar-refractivity contribution >= 4 is 22.3 Å². The molecule has 2 N–H and O–H groups in total. The first kappa shape index (κ1) is 8.16. The van der Waals surface area contributed by atoms with E-state index in [0.717, 1.165) is 12.3 Å². The van der Waals surface area contributed by atoms with Gasteiger partial charge >= 0.3 is 0 Å². The predicted molar refractivity (Wildman–Crippen MR) is 36.7 cm³/mol. The molecule has 0 aromatic heterocycles. The standard InChI is InChI=1S/C4H10N2O2Si/c7-1-5-3-9-4-6-2-8/h1-2H,3-4,9H2,(H,5,7)(H,6,8). The Morgan fingerprint density at radius 1 is 1.11 bits per heavy atom. The van der Waals surface area contributed by atoms with Crippen molar-refractivity contribution in [3.8, 4) is 0 Å². The first-order valence-electron chi connectivity index (χ1n) is 2.76. The SMILES string of the molecule is O=CNC[SiH2]CNC=O. The van der Waals surface area contributed by atoms with Crippen LogP contribution in [0.4, 0.5) is 0 Å². The van der Waals surface area contributed by atoms with Crippen molar-refractivity contribution < 1.29 is 9.59 Å². The zero-order chi connectivity index (χ0) is 6.95. The van der Waals surface area contributed by atoms with E-state index in [0.29, 0.717) is 12.8 Å². The van der Waals surface area contributed by atoms with E-state index < -0.39 is 0 Å². The van der Waals surface area contributed by atoms with Crippen molar-refractivity contribution in [3.05, 3.63) is 0 Å².